The van der Waals surface area contributed by atoms with E-state index in [2.05, 4.69) is 15.3 Å². The van der Waals surface area contributed by atoms with Crippen molar-refractivity contribution in [3.8, 4) is 5.75 Å². The number of carbonyl (C=O) groups excluding carboxylic acids is 1. The monoisotopic (exact) mass is 409 g/mol. The van der Waals surface area contributed by atoms with Crippen LogP contribution in [0.5, 0.6) is 5.75 Å². The molecule has 154 valence electrons. The average molecular weight is 409 g/mol. The quantitative estimate of drug-likeness (QED) is 0.442. The van der Waals surface area contributed by atoms with Crippen molar-refractivity contribution < 1.29 is 9.53 Å². The van der Waals surface area contributed by atoms with Gasteiger partial charge in [0.25, 0.3) is 5.91 Å². The molecule has 0 spiro atoms. The standard InChI is InChI=1S/C26H23N3O2/c1-2-28-26(30)24(17-19-13-15-27-16-14-19)20-8-11-23(12-9-20)31-18-22-10-7-21-5-3-4-6-25(21)29-22/h3-17H,2,18H2,1H3,(H,28,30)/b24-17+. The van der Waals surface area contributed by atoms with E-state index in [1.165, 1.54) is 0 Å². The minimum Gasteiger partial charge on any atom is -0.487 e. The second-order valence-electron chi connectivity index (χ2n) is 7.01. The van der Waals surface area contributed by atoms with E-state index in [1.54, 1.807) is 12.4 Å². The number of carbonyl (C=O) groups is 1. The van der Waals surface area contributed by atoms with E-state index in [0.717, 1.165) is 33.5 Å². The summed E-state index contributed by atoms with van der Waals surface area (Å²) < 4.78 is 5.91. The van der Waals surface area contributed by atoms with Crippen LogP contribution in [0.3, 0.4) is 0 Å². The molecular weight excluding hydrogens is 386 g/mol. The Hall–Kier alpha value is -3.99. The minimum atomic E-state index is -0.117. The van der Waals surface area contributed by atoms with Crippen LogP contribution >= 0.6 is 0 Å². The molecule has 0 aliphatic rings. The molecule has 0 aliphatic heterocycles. The molecule has 0 unspecified atom stereocenters. The summed E-state index contributed by atoms with van der Waals surface area (Å²) in [5.74, 6) is 0.603. The zero-order valence-electron chi connectivity index (χ0n) is 17.3. The van der Waals surface area contributed by atoms with Gasteiger partial charge in [-0.2, -0.15) is 0 Å². The first-order valence-corrected chi connectivity index (χ1v) is 10.2. The summed E-state index contributed by atoms with van der Waals surface area (Å²) in [6, 6.07) is 23.3. The van der Waals surface area contributed by atoms with Crippen molar-refractivity contribution >= 4 is 28.5 Å². The number of hydrogen-bond donors (Lipinski definition) is 1. The summed E-state index contributed by atoms with van der Waals surface area (Å²) in [5.41, 5.74) is 4.14. The number of hydrogen-bond acceptors (Lipinski definition) is 4. The van der Waals surface area contributed by atoms with Crippen LogP contribution < -0.4 is 10.1 Å². The van der Waals surface area contributed by atoms with Crippen molar-refractivity contribution in [1.29, 1.82) is 0 Å². The molecule has 0 bridgehead atoms. The first-order chi connectivity index (χ1) is 15.2. The Morgan fingerprint density at radius 3 is 2.52 bits per heavy atom. The summed E-state index contributed by atoms with van der Waals surface area (Å²) in [4.78, 5) is 21.3. The Bertz CT molecular complexity index is 1200. The van der Waals surface area contributed by atoms with Gasteiger partial charge in [0.05, 0.1) is 11.2 Å². The molecule has 2 heterocycles. The van der Waals surface area contributed by atoms with E-state index in [1.807, 2.05) is 85.8 Å². The molecule has 0 saturated carbocycles. The maximum Gasteiger partial charge on any atom is 0.251 e. The molecule has 4 aromatic rings. The molecule has 1 N–H and O–H groups in total. The smallest absolute Gasteiger partial charge is 0.251 e. The van der Waals surface area contributed by atoms with Crippen LogP contribution in [0.1, 0.15) is 23.7 Å². The number of benzene rings is 2. The first kappa shape index (κ1) is 20.3. The average Bonchev–Trinajstić information content (AvgIpc) is 2.82. The van der Waals surface area contributed by atoms with E-state index in [4.69, 9.17) is 4.74 Å². The maximum absolute atomic E-state index is 12.6. The van der Waals surface area contributed by atoms with Gasteiger partial charge >= 0.3 is 0 Å². The highest BCUT2D eigenvalue weighted by atomic mass is 16.5. The highest BCUT2D eigenvalue weighted by molar-refractivity contribution is 6.24. The Balaban J connectivity index is 1.50. The van der Waals surface area contributed by atoms with Crippen molar-refractivity contribution in [2.75, 3.05) is 6.54 Å². The van der Waals surface area contributed by atoms with E-state index in [-0.39, 0.29) is 5.91 Å². The van der Waals surface area contributed by atoms with Crippen molar-refractivity contribution in [3.05, 3.63) is 102 Å². The molecule has 0 fully saturated rings. The van der Waals surface area contributed by atoms with Crippen molar-refractivity contribution in [3.63, 3.8) is 0 Å². The van der Waals surface area contributed by atoms with Crippen LogP contribution in [-0.2, 0) is 11.4 Å². The number of aromatic nitrogens is 2. The van der Waals surface area contributed by atoms with E-state index >= 15 is 0 Å². The Kier molecular flexibility index (Phi) is 6.33. The van der Waals surface area contributed by atoms with Crippen LogP contribution in [0, 0.1) is 0 Å². The fraction of sp³-hybridized carbons (Fsp3) is 0.115. The summed E-state index contributed by atoms with van der Waals surface area (Å²) in [6.45, 7) is 2.84. The van der Waals surface area contributed by atoms with Gasteiger partial charge in [-0.1, -0.05) is 36.4 Å². The third kappa shape index (κ3) is 5.14. The van der Waals surface area contributed by atoms with Gasteiger partial charge in [-0.05, 0) is 60.5 Å². The summed E-state index contributed by atoms with van der Waals surface area (Å²) in [6.07, 6.45) is 5.28. The van der Waals surface area contributed by atoms with Gasteiger partial charge in [0.2, 0.25) is 0 Å². The molecule has 0 radical (unpaired) electrons. The normalized spacial score (nSPS) is 11.3. The Morgan fingerprint density at radius 1 is 0.968 bits per heavy atom. The molecule has 5 heteroatoms. The Morgan fingerprint density at radius 2 is 1.74 bits per heavy atom. The summed E-state index contributed by atoms with van der Waals surface area (Å²) in [5, 5.41) is 3.98. The van der Waals surface area contributed by atoms with Gasteiger partial charge in [0.1, 0.15) is 12.4 Å². The zero-order chi connectivity index (χ0) is 21.5. The SMILES string of the molecule is CCNC(=O)/C(=C/c1ccncc1)c1ccc(OCc2ccc3ccccc3n2)cc1. The molecule has 0 atom stereocenters. The van der Waals surface area contributed by atoms with Crippen LogP contribution in [0.4, 0.5) is 0 Å². The molecule has 2 aromatic heterocycles. The van der Waals surface area contributed by atoms with Crippen LogP contribution in [0.15, 0.2) is 85.2 Å². The lowest BCUT2D eigenvalue weighted by atomic mass is 10.0. The molecule has 4 rings (SSSR count). The molecule has 1 amide bonds. The molecule has 0 saturated heterocycles. The second kappa shape index (κ2) is 9.67. The predicted octanol–water partition coefficient (Wildman–Crippen LogP) is 4.89. The molecule has 31 heavy (non-hydrogen) atoms. The van der Waals surface area contributed by atoms with Gasteiger partial charge in [-0.3, -0.25) is 9.78 Å². The van der Waals surface area contributed by atoms with Gasteiger partial charge in [-0.15, -0.1) is 0 Å². The molecule has 5 nitrogen and oxygen atoms in total. The van der Waals surface area contributed by atoms with E-state index in [9.17, 15) is 4.79 Å². The summed E-state index contributed by atoms with van der Waals surface area (Å²) in [7, 11) is 0. The summed E-state index contributed by atoms with van der Waals surface area (Å²) >= 11 is 0. The largest absolute Gasteiger partial charge is 0.487 e. The highest BCUT2D eigenvalue weighted by Gasteiger charge is 2.12. The van der Waals surface area contributed by atoms with Crippen LogP contribution in [-0.4, -0.2) is 22.4 Å². The number of ether oxygens (including phenoxy) is 1. The fourth-order valence-electron chi connectivity index (χ4n) is 3.24. The zero-order valence-corrected chi connectivity index (χ0v) is 17.3. The molecule has 2 aromatic carbocycles. The third-order valence-electron chi connectivity index (χ3n) is 4.81. The van der Waals surface area contributed by atoms with Crippen LogP contribution in [0.2, 0.25) is 0 Å². The third-order valence-corrected chi connectivity index (χ3v) is 4.81. The number of nitrogens with one attached hydrogen (secondary N) is 1. The number of fused-ring (bicyclic) bond motifs is 1. The van der Waals surface area contributed by atoms with Gasteiger partial charge in [0.15, 0.2) is 0 Å². The van der Waals surface area contributed by atoms with Gasteiger partial charge in [0, 0.05) is 29.9 Å². The number of rotatable bonds is 7. The fourth-order valence-corrected chi connectivity index (χ4v) is 3.24. The number of para-hydroxylation sites is 1. The van der Waals surface area contributed by atoms with Gasteiger partial charge in [-0.25, -0.2) is 4.98 Å². The Labute approximate surface area is 181 Å². The highest BCUT2D eigenvalue weighted by Crippen LogP contribution is 2.22. The lowest BCUT2D eigenvalue weighted by Gasteiger charge is -2.10. The molecule has 0 aliphatic carbocycles. The number of nitrogens with zero attached hydrogens (tertiary/aromatic N) is 2. The minimum absolute atomic E-state index is 0.117. The number of likely N-dealkylation sites (N-methyl/N-ethyl adjacent to an activating group) is 1. The van der Waals surface area contributed by atoms with Gasteiger partial charge < -0.3 is 10.1 Å². The maximum atomic E-state index is 12.6. The number of pyridine rings is 2. The van der Waals surface area contributed by atoms with E-state index in [0.29, 0.717) is 18.7 Å². The molecular formula is C26H23N3O2. The topological polar surface area (TPSA) is 64.1 Å². The first-order valence-electron chi connectivity index (χ1n) is 10.2. The van der Waals surface area contributed by atoms with Crippen molar-refractivity contribution in [1.82, 2.24) is 15.3 Å². The van der Waals surface area contributed by atoms with Crippen molar-refractivity contribution in [2.24, 2.45) is 0 Å². The lowest BCUT2D eigenvalue weighted by molar-refractivity contribution is -0.115. The lowest BCUT2D eigenvalue weighted by Crippen LogP contribution is -2.23. The predicted molar refractivity (Wildman–Crippen MR) is 123 cm³/mol. The van der Waals surface area contributed by atoms with Crippen molar-refractivity contribution in [2.45, 2.75) is 13.5 Å². The van der Waals surface area contributed by atoms with Crippen LogP contribution in [0.25, 0.3) is 22.6 Å². The van der Waals surface area contributed by atoms with E-state index < -0.39 is 0 Å². The number of amides is 1. The second-order valence-corrected chi connectivity index (χ2v) is 7.01.